The Bertz CT molecular complexity index is 747. The third kappa shape index (κ3) is 4.01. The van der Waals surface area contributed by atoms with E-state index in [0.717, 1.165) is 5.75 Å². The molecule has 1 aliphatic heterocycles. The second-order valence-corrected chi connectivity index (χ2v) is 7.61. The van der Waals surface area contributed by atoms with Gasteiger partial charge in [-0.2, -0.15) is 0 Å². The maximum Gasteiger partial charge on any atom is 0.320 e. The van der Waals surface area contributed by atoms with Crippen LogP contribution in [-0.2, 0) is 21.4 Å². The van der Waals surface area contributed by atoms with E-state index in [1.807, 2.05) is 13.1 Å². The number of aromatic nitrogens is 3. The molecule has 1 saturated heterocycles. The Labute approximate surface area is 153 Å². The molecule has 0 unspecified atom stereocenters. The molecule has 1 amide bonds. The monoisotopic (exact) mass is 382 g/mol. The number of methoxy groups -OCH3 is 1. The molecule has 134 valence electrons. The van der Waals surface area contributed by atoms with Crippen LogP contribution in [0.2, 0.25) is 0 Å². The Morgan fingerprint density at radius 2 is 2.32 bits per heavy atom. The number of nitrogens with zero attached hydrogens (tertiary/aromatic N) is 4. The van der Waals surface area contributed by atoms with Gasteiger partial charge in [-0.3, -0.25) is 9.59 Å². The van der Waals surface area contributed by atoms with Crippen molar-refractivity contribution in [1.29, 1.82) is 0 Å². The van der Waals surface area contributed by atoms with E-state index in [0.29, 0.717) is 29.8 Å². The van der Waals surface area contributed by atoms with Gasteiger partial charge in [-0.1, -0.05) is 11.8 Å². The fourth-order valence-electron chi connectivity index (χ4n) is 2.43. The van der Waals surface area contributed by atoms with Crippen molar-refractivity contribution >= 4 is 35.4 Å². The van der Waals surface area contributed by atoms with Crippen LogP contribution < -0.4 is 0 Å². The van der Waals surface area contributed by atoms with Crippen LogP contribution in [0, 0.1) is 0 Å². The molecule has 2 aromatic heterocycles. The van der Waals surface area contributed by atoms with Crippen LogP contribution in [0.5, 0.6) is 0 Å². The predicted octanol–water partition coefficient (Wildman–Crippen LogP) is 1.28. The van der Waals surface area contributed by atoms with Gasteiger partial charge in [0.2, 0.25) is 5.91 Å². The van der Waals surface area contributed by atoms with Gasteiger partial charge in [0.15, 0.2) is 16.7 Å². The molecule has 0 N–H and O–H groups in total. The minimum Gasteiger partial charge on any atom is -0.468 e. The van der Waals surface area contributed by atoms with Crippen LogP contribution in [0.4, 0.5) is 0 Å². The first kappa shape index (κ1) is 17.9. The Hall–Kier alpha value is -1.94. The third-order valence-electron chi connectivity index (χ3n) is 3.78. The SMILES string of the molecule is COC(=O)[C@@H]1CN(C(=O)CSc2nnc(-c3ccco3)n2C)CCS1. The van der Waals surface area contributed by atoms with Crippen LogP contribution in [0.1, 0.15) is 0 Å². The van der Waals surface area contributed by atoms with Crippen LogP contribution in [0.3, 0.4) is 0 Å². The fraction of sp³-hybridized carbons (Fsp3) is 0.467. The molecule has 0 radical (unpaired) electrons. The van der Waals surface area contributed by atoms with Crippen molar-refractivity contribution in [3.63, 3.8) is 0 Å². The summed E-state index contributed by atoms with van der Waals surface area (Å²) in [5, 5.41) is 8.54. The summed E-state index contributed by atoms with van der Waals surface area (Å²) < 4.78 is 11.9. The van der Waals surface area contributed by atoms with Gasteiger partial charge < -0.3 is 18.6 Å². The summed E-state index contributed by atoms with van der Waals surface area (Å²) in [6.07, 6.45) is 1.58. The average Bonchev–Trinajstić information content (AvgIpc) is 3.28. The van der Waals surface area contributed by atoms with Crippen molar-refractivity contribution in [2.24, 2.45) is 7.05 Å². The van der Waals surface area contributed by atoms with E-state index in [1.54, 1.807) is 21.8 Å². The molecular formula is C15H18N4O4S2. The highest BCUT2D eigenvalue weighted by Crippen LogP contribution is 2.24. The molecule has 8 nitrogen and oxygen atoms in total. The average molecular weight is 382 g/mol. The molecule has 1 atom stereocenters. The van der Waals surface area contributed by atoms with Gasteiger partial charge in [0, 0.05) is 25.9 Å². The Kier molecular flexibility index (Phi) is 5.69. The normalized spacial score (nSPS) is 17.5. The summed E-state index contributed by atoms with van der Waals surface area (Å²) in [6, 6.07) is 3.59. The number of carbonyl (C=O) groups excluding carboxylic acids is 2. The van der Waals surface area contributed by atoms with Crippen molar-refractivity contribution in [3.8, 4) is 11.6 Å². The molecular weight excluding hydrogens is 364 g/mol. The van der Waals surface area contributed by atoms with E-state index >= 15 is 0 Å². The summed E-state index contributed by atoms with van der Waals surface area (Å²) >= 11 is 2.84. The number of carbonyl (C=O) groups is 2. The molecule has 1 aliphatic rings. The number of esters is 1. The zero-order chi connectivity index (χ0) is 17.8. The number of amides is 1. The molecule has 3 heterocycles. The predicted molar refractivity (Wildman–Crippen MR) is 94.3 cm³/mol. The molecule has 0 aliphatic carbocycles. The lowest BCUT2D eigenvalue weighted by Crippen LogP contribution is -2.45. The van der Waals surface area contributed by atoms with Gasteiger partial charge in [-0.05, 0) is 12.1 Å². The minimum absolute atomic E-state index is 0.0262. The summed E-state index contributed by atoms with van der Waals surface area (Å²) in [6.45, 7) is 1.02. The smallest absolute Gasteiger partial charge is 0.320 e. The van der Waals surface area contributed by atoms with Crippen molar-refractivity contribution < 1.29 is 18.7 Å². The van der Waals surface area contributed by atoms with Crippen LogP contribution >= 0.6 is 23.5 Å². The summed E-state index contributed by atoms with van der Waals surface area (Å²) in [7, 11) is 3.19. The minimum atomic E-state index is -0.312. The van der Waals surface area contributed by atoms with Crippen molar-refractivity contribution in [2.75, 3.05) is 31.7 Å². The maximum absolute atomic E-state index is 12.4. The first-order valence-electron chi connectivity index (χ1n) is 7.63. The van der Waals surface area contributed by atoms with E-state index in [2.05, 4.69) is 10.2 Å². The zero-order valence-electron chi connectivity index (χ0n) is 13.9. The highest BCUT2D eigenvalue weighted by atomic mass is 32.2. The second kappa shape index (κ2) is 7.96. The first-order chi connectivity index (χ1) is 12.1. The molecule has 3 rings (SSSR count). The van der Waals surface area contributed by atoms with Gasteiger partial charge >= 0.3 is 5.97 Å². The summed E-state index contributed by atoms with van der Waals surface area (Å²) in [5.74, 6) is 1.89. The third-order valence-corrected chi connectivity index (χ3v) is 5.95. The lowest BCUT2D eigenvalue weighted by molar-refractivity contribution is -0.141. The van der Waals surface area contributed by atoms with Crippen molar-refractivity contribution in [2.45, 2.75) is 10.4 Å². The van der Waals surface area contributed by atoms with Gasteiger partial charge in [0.1, 0.15) is 5.25 Å². The summed E-state index contributed by atoms with van der Waals surface area (Å²) in [4.78, 5) is 25.8. The number of thioether (sulfide) groups is 2. The van der Waals surface area contributed by atoms with E-state index in [9.17, 15) is 9.59 Å². The Morgan fingerprint density at radius 3 is 3.04 bits per heavy atom. The quantitative estimate of drug-likeness (QED) is 0.564. The molecule has 25 heavy (non-hydrogen) atoms. The number of furan rings is 1. The van der Waals surface area contributed by atoms with Gasteiger partial charge in [0.25, 0.3) is 0 Å². The van der Waals surface area contributed by atoms with Crippen LogP contribution in [-0.4, -0.2) is 68.5 Å². The van der Waals surface area contributed by atoms with E-state index in [4.69, 9.17) is 9.15 Å². The standard InChI is InChI=1S/C15H18N4O4S2/c1-18-13(10-4-3-6-23-10)16-17-15(18)25-9-12(20)19-5-7-24-11(8-19)14(21)22-2/h3-4,6,11H,5,7-9H2,1-2H3/t11-/m0/s1. The number of ether oxygens (including phenoxy) is 1. The highest BCUT2D eigenvalue weighted by molar-refractivity contribution is 8.00. The van der Waals surface area contributed by atoms with E-state index in [-0.39, 0.29) is 22.9 Å². The largest absolute Gasteiger partial charge is 0.468 e. The van der Waals surface area contributed by atoms with Gasteiger partial charge in [-0.25, -0.2) is 0 Å². The molecule has 0 bridgehead atoms. The van der Waals surface area contributed by atoms with E-state index < -0.39 is 0 Å². The lowest BCUT2D eigenvalue weighted by Gasteiger charge is -2.30. The molecule has 0 aromatic carbocycles. The van der Waals surface area contributed by atoms with Crippen molar-refractivity contribution in [1.82, 2.24) is 19.7 Å². The first-order valence-corrected chi connectivity index (χ1v) is 9.67. The maximum atomic E-state index is 12.4. The Morgan fingerprint density at radius 1 is 1.48 bits per heavy atom. The topological polar surface area (TPSA) is 90.5 Å². The highest BCUT2D eigenvalue weighted by Gasteiger charge is 2.29. The van der Waals surface area contributed by atoms with Crippen molar-refractivity contribution in [3.05, 3.63) is 18.4 Å². The lowest BCUT2D eigenvalue weighted by atomic mass is 10.3. The summed E-state index contributed by atoms with van der Waals surface area (Å²) in [5.41, 5.74) is 0. The molecule has 2 aromatic rings. The number of rotatable bonds is 5. The number of hydrogen-bond acceptors (Lipinski definition) is 8. The molecule has 0 saturated carbocycles. The zero-order valence-corrected chi connectivity index (χ0v) is 15.5. The second-order valence-electron chi connectivity index (χ2n) is 5.35. The molecule has 1 fully saturated rings. The molecule has 10 heteroatoms. The van der Waals surface area contributed by atoms with E-state index in [1.165, 1.54) is 30.6 Å². The van der Waals surface area contributed by atoms with Crippen LogP contribution in [0.25, 0.3) is 11.6 Å². The molecule has 0 spiro atoms. The number of hydrogen-bond donors (Lipinski definition) is 0. The Balaban J connectivity index is 1.58. The van der Waals surface area contributed by atoms with Crippen LogP contribution in [0.15, 0.2) is 28.0 Å². The van der Waals surface area contributed by atoms with Gasteiger partial charge in [-0.15, -0.1) is 22.0 Å². The van der Waals surface area contributed by atoms with Gasteiger partial charge in [0.05, 0.1) is 19.1 Å². The fourth-order valence-corrected chi connectivity index (χ4v) is 4.37.